The Hall–Kier alpha value is -3.36. The molecule has 0 saturated carbocycles. The Morgan fingerprint density at radius 1 is 1.24 bits per heavy atom. The van der Waals surface area contributed by atoms with Crippen LogP contribution in [-0.2, 0) is 6.54 Å². The van der Waals surface area contributed by atoms with E-state index in [0.29, 0.717) is 22.6 Å². The second kappa shape index (κ2) is 5.62. The summed E-state index contributed by atoms with van der Waals surface area (Å²) in [6.07, 6.45) is 0. The highest BCUT2D eigenvalue weighted by molar-refractivity contribution is 5.91. The zero-order valence-electron chi connectivity index (χ0n) is 13.5. The number of nitrogens with zero attached hydrogens (tertiary/aromatic N) is 5. The standard InChI is InChI=1S/C16H14FN7O/c1-8-5-9(2)24-14(22-23-16(24)19-8)15(25)18-7-13-20-11-4-3-10(17)6-12(11)21-13/h3-6H,7H2,1-2H3,(H,18,25)(H,20,21). The van der Waals surface area contributed by atoms with Gasteiger partial charge in [0.05, 0.1) is 17.6 Å². The molecule has 1 amide bonds. The van der Waals surface area contributed by atoms with E-state index in [1.807, 2.05) is 19.9 Å². The Morgan fingerprint density at radius 2 is 2.08 bits per heavy atom. The molecule has 3 aromatic heterocycles. The molecule has 0 fully saturated rings. The van der Waals surface area contributed by atoms with Crippen LogP contribution in [0.4, 0.5) is 4.39 Å². The summed E-state index contributed by atoms with van der Waals surface area (Å²) in [4.78, 5) is 24.0. The Bertz CT molecular complexity index is 1110. The van der Waals surface area contributed by atoms with Gasteiger partial charge in [0.1, 0.15) is 11.6 Å². The van der Waals surface area contributed by atoms with E-state index < -0.39 is 5.91 Å². The van der Waals surface area contributed by atoms with Crippen LogP contribution in [0.5, 0.6) is 0 Å². The first-order valence-corrected chi connectivity index (χ1v) is 7.63. The van der Waals surface area contributed by atoms with Gasteiger partial charge >= 0.3 is 0 Å². The van der Waals surface area contributed by atoms with Gasteiger partial charge in [-0.25, -0.2) is 14.4 Å². The van der Waals surface area contributed by atoms with Crippen molar-refractivity contribution in [2.75, 3.05) is 0 Å². The van der Waals surface area contributed by atoms with Gasteiger partial charge in [0.15, 0.2) is 0 Å². The van der Waals surface area contributed by atoms with Gasteiger partial charge in [0, 0.05) is 11.4 Å². The summed E-state index contributed by atoms with van der Waals surface area (Å²) in [6.45, 7) is 3.86. The maximum Gasteiger partial charge on any atom is 0.290 e. The summed E-state index contributed by atoms with van der Waals surface area (Å²) in [5.74, 6) is 0.310. The molecule has 4 aromatic rings. The third kappa shape index (κ3) is 2.69. The molecule has 126 valence electrons. The zero-order chi connectivity index (χ0) is 17.6. The summed E-state index contributed by atoms with van der Waals surface area (Å²) >= 11 is 0. The maximum absolute atomic E-state index is 13.2. The van der Waals surface area contributed by atoms with E-state index in [9.17, 15) is 9.18 Å². The SMILES string of the molecule is Cc1cc(C)n2c(C(=O)NCc3nc4ccc(F)cc4[nH]3)nnc2n1. The van der Waals surface area contributed by atoms with Crippen molar-refractivity contribution in [1.82, 2.24) is 34.9 Å². The van der Waals surface area contributed by atoms with E-state index >= 15 is 0 Å². The first-order valence-electron chi connectivity index (χ1n) is 7.63. The van der Waals surface area contributed by atoms with Gasteiger partial charge in [-0.2, -0.15) is 0 Å². The van der Waals surface area contributed by atoms with Crippen molar-refractivity contribution in [1.29, 1.82) is 0 Å². The fourth-order valence-electron chi connectivity index (χ4n) is 2.74. The van der Waals surface area contributed by atoms with Gasteiger partial charge in [0.2, 0.25) is 5.82 Å². The molecule has 0 atom stereocenters. The summed E-state index contributed by atoms with van der Waals surface area (Å²) in [5.41, 5.74) is 2.83. The van der Waals surface area contributed by atoms with Crippen LogP contribution in [0.25, 0.3) is 16.8 Å². The first kappa shape index (κ1) is 15.2. The Labute approximate surface area is 141 Å². The molecule has 0 aliphatic carbocycles. The molecule has 0 spiro atoms. The van der Waals surface area contributed by atoms with Gasteiger partial charge in [-0.15, -0.1) is 10.2 Å². The molecule has 25 heavy (non-hydrogen) atoms. The lowest BCUT2D eigenvalue weighted by atomic mass is 10.3. The highest BCUT2D eigenvalue weighted by atomic mass is 19.1. The summed E-state index contributed by atoms with van der Waals surface area (Å²) < 4.78 is 14.8. The van der Waals surface area contributed by atoms with Crippen LogP contribution in [0.2, 0.25) is 0 Å². The third-order valence-corrected chi connectivity index (χ3v) is 3.81. The average molecular weight is 339 g/mol. The van der Waals surface area contributed by atoms with Crippen LogP contribution in [-0.4, -0.2) is 35.5 Å². The molecule has 0 radical (unpaired) electrons. The van der Waals surface area contributed by atoms with Crippen LogP contribution in [0.15, 0.2) is 24.3 Å². The number of amides is 1. The molecule has 1 aromatic carbocycles. The van der Waals surface area contributed by atoms with E-state index in [2.05, 4.69) is 30.5 Å². The molecular weight excluding hydrogens is 325 g/mol. The second-order valence-electron chi connectivity index (χ2n) is 5.73. The number of carbonyl (C=O) groups excluding carboxylic acids is 1. The minimum absolute atomic E-state index is 0.155. The monoisotopic (exact) mass is 339 g/mol. The van der Waals surface area contributed by atoms with E-state index in [4.69, 9.17) is 0 Å². The lowest BCUT2D eigenvalue weighted by molar-refractivity contribution is 0.0938. The smallest absolute Gasteiger partial charge is 0.290 e. The average Bonchev–Trinajstić information content (AvgIpc) is 3.15. The van der Waals surface area contributed by atoms with Gasteiger partial charge in [0.25, 0.3) is 11.7 Å². The van der Waals surface area contributed by atoms with E-state index in [0.717, 1.165) is 11.4 Å². The van der Waals surface area contributed by atoms with E-state index in [1.165, 1.54) is 12.1 Å². The second-order valence-corrected chi connectivity index (χ2v) is 5.73. The number of fused-ring (bicyclic) bond motifs is 2. The molecule has 4 rings (SSSR count). The maximum atomic E-state index is 13.2. The number of hydrogen-bond acceptors (Lipinski definition) is 5. The molecule has 0 unspecified atom stereocenters. The van der Waals surface area contributed by atoms with Crippen LogP contribution < -0.4 is 5.32 Å². The normalized spacial score (nSPS) is 11.3. The van der Waals surface area contributed by atoms with Crippen molar-refractivity contribution in [2.24, 2.45) is 0 Å². The molecule has 8 nitrogen and oxygen atoms in total. The fraction of sp³-hybridized carbons (Fsp3) is 0.188. The third-order valence-electron chi connectivity index (χ3n) is 3.81. The quantitative estimate of drug-likeness (QED) is 0.591. The summed E-state index contributed by atoms with van der Waals surface area (Å²) in [6, 6.07) is 6.12. The fourth-order valence-corrected chi connectivity index (χ4v) is 2.74. The van der Waals surface area contributed by atoms with E-state index in [-0.39, 0.29) is 18.2 Å². The molecule has 0 aliphatic heterocycles. The molecule has 0 bridgehead atoms. The number of carbonyl (C=O) groups is 1. The Morgan fingerprint density at radius 3 is 2.92 bits per heavy atom. The number of imidazole rings is 1. The number of benzene rings is 1. The first-order chi connectivity index (χ1) is 12.0. The van der Waals surface area contributed by atoms with Crippen molar-refractivity contribution in [3.8, 4) is 0 Å². The predicted molar refractivity (Wildman–Crippen MR) is 87.5 cm³/mol. The van der Waals surface area contributed by atoms with Crippen molar-refractivity contribution >= 4 is 22.7 Å². The summed E-state index contributed by atoms with van der Waals surface area (Å²) in [7, 11) is 0. The topological polar surface area (TPSA) is 101 Å². The van der Waals surface area contributed by atoms with Crippen molar-refractivity contribution in [2.45, 2.75) is 20.4 Å². The van der Waals surface area contributed by atoms with Gasteiger partial charge in [-0.05, 0) is 38.1 Å². The molecule has 9 heteroatoms. The van der Waals surface area contributed by atoms with Gasteiger partial charge in [-0.1, -0.05) is 0 Å². The highest BCUT2D eigenvalue weighted by Gasteiger charge is 2.17. The molecule has 0 saturated heterocycles. The minimum atomic E-state index is -0.395. The lowest BCUT2D eigenvalue weighted by Gasteiger charge is -2.04. The van der Waals surface area contributed by atoms with Gasteiger partial charge in [-0.3, -0.25) is 9.20 Å². The van der Waals surface area contributed by atoms with E-state index in [1.54, 1.807) is 10.5 Å². The predicted octanol–water partition coefficient (Wildman–Crippen LogP) is 1.69. The Kier molecular flexibility index (Phi) is 3.41. The van der Waals surface area contributed by atoms with Crippen molar-refractivity contribution < 1.29 is 9.18 Å². The minimum Gasteiger partial charge on any atom is -0.342 e. The van der Waals surface area contributed by atoms with Crippen molar-refractivity contribution in [3.63, 3.8) is 0 Å². The number of H-pyrrole nitrogens is 1. The summed E-state index contributed by atoms with van der Waals surface area (Å²) in [5, 5.41) is 10.6. The number of rotatable bonds is 3. The van der Waals surface area contributed by atoms with Crippen LogP contribution in [0.3, 0.4) is 0 Å². The molecular formula is C16H14FN7O. The molecule has 2 N–H and O–H groups in total. The largest absolute Gasteiger partial charge is 0.342 e. The molecule has 3 heterocycles. The molecule has 0 aliphatic rings. The van der Waals surface area contributed by atoms with Crippen LogP contribution in [0.1, 0.15) is 27.8 Å². The number of aryl methyl sites for hydroxylation is 2. The number of hydrogen-bond donors (Lipinski definition) is 2. The number of nitrogens with one attached hydrogen (secondary N) is 2. The van der Waals surface area contributed by atoms with Crippen LogP contribution >= 0.6 is 0 Å². The number of aromatic nitrogens is 6. The lowest BCUT2D eigenvalue weighted by Crippen LogP contribution is -2.26. The Balaban J connectivity index is 1.57. The highest BCUT2D eigenvalue weighted by Crippen LogP contribution is 2.13. The van der Waals surface area contributed by atoms with Crippen LogP contribution in [0, 0.1) is 19.7 Å². The number of halogens is 1. The number of aromatic amines is 1. The van der Waals surface area contributed by atoms with Crippen molar-refractivity contribution in [3.05, 3.63) is 53.1 Å². The zero-order valence-corrected chi connectivity index (χ0v) is 13.5. The van der Waals surface area contributed by atoms with Gasteiger partial charge < -0.3 is 10.3 Å².